The molecule has 3 nitrogen and oxygen atoms in total. The monoisotopic (exact) mass is 271 g/mol. The fourth-order valence-corrected chi connectivity index (χ4v) is 2.77. The van der Waals surface area contributed by atoms with Crippen molar-refractivity contribution in [3.8, 4) is 0 Å². The highest BCUT2D eigenvalue weighted by Crippen LogP contribution is 2.31. The van der Waals surface area contributed by atoms with Crippen molar-refractivity contribution in [2.24, 2.45) is 0 Å². The molecule has 1 heterocycles. The first-order valence-corrected chi connectivity index (χ1v) is 6.69. The normalized spacial score (nSPS) is 18.0. The van der Waals surface area contributed by atoms with E-state index in [1.807, 2.05) is 6.07 Å². The van der Waals surface area contributed by atoms with Crippen molar-refractivity contribution in [3.63, 3.8) is 0 Å². The minimum atomic E-state index is -0.380. The predicted molar refractivity (Wildman–Crippen MR) is 70.2 cm³/mol. The number of aliphatic hydroxyl groups excluding tert-OH is 1. The summed E-state index contributed by atoms with van der Waals surface area (Å²) in [6.45, 7) is 0.0113. The van der Waals surface area contributed by atoms with Gasteiger partial charge in [0.1, 0.15) is 0 Å². The zero-order valence-electron chi connectivity index (χ0n) is 9.28. The van der Waals surface area contributed by atoms with Crippen LogP contribution in [0.15, 0.2) is 18.2 Å². The van der Waals surface area contributed by atoms with Crippen LogP contribution in [0.2, 0.25) is 4.34 Å². The molecule has 5 heteroatoms. The summed E-state index contributed by atoms with van der Waals surface area (Å²) >= 11 is 7.21. The van der Waals surface area contributed by atoms with Crippen molar-refractivity contribution in [2.75, 3.05) is 6.61 Å². The van der Waals surface area contributed by atoms with E-state index >= 15 is 0 Å². The van der Waals surface area contributed by atoms with Crippen LogP contribution in [0.1, 0.15) is 24.1 Å². The van der Waals surface area contributed by atoms with Crippen molar-refractivity contribution in [2.45, 2.75) is 24.8 Å². The molecule has 0 saturated heterocycles. The summed E-state index contributed by atoms with van der Waals surface area (Å²) in [5.74, 6) is -0.164. The van der Waals surface area contributed by atoms with E-state index in [9.17, 15) is 9.90 Å². The molecule has 1 amide bonds. The van der Waals surface area contributed by atoms with Crippen molar-refractivity contribution >= 4 is 34.9 Å². The van der Waals surface area contributed by atoms with Gasteiger partial charge >= 0.3 is 0 Å². The van der Waals surface area contributed by atoms with Crippen LogP contribution < -0.4 is 5.32 Å². The summed E-state index contributed by atoms with van der Waals surface area (Å²) < 4.78 is 0.705. The molecule has 0 atom stereocenters. The van der Waals surface area contributed by atoms with E-state index in [0.717, 1.165) is 24.1 Å². The molecule has 1 saturated carbocycles. The number of rotatable bonds is 4. The minimum Gasteiger partial charge on any atom is -0.394 e. The van der Waals surface area contributed by atoms with E-state index in [1.54, 1.807) is 12.1 Å². The van der Waals surface area contributed by atoms with Gasteiger partial charge in [0.15, 0.2) is 0 Å². The Kier molecular flexibility index (Phi) is 3.86. The highest BCUT2D eigenvalue weighted by Gasteiger charge is 2.37. The third-order valence-electron chi connectivity index (χ3n) is 2.99. The molecule has 2 N–H and O–H groups in total. The number of amides is 1. The lowest BCUT2D eigenvalue weighted by Crippen LogP contribution is -2.55. The molecule has 0 bridgehead atoms. The van der Waals surface area contributed by atoms with Crippen LogP contribution in [0.4, 0.5) is 0 Å². The third kappa shape index (κ3) is 3.09. The van der Waals surface area contributed by atoms with E-state index in [0.29, 0.717) is 4.34 Å². The largest absolute Gasteiger partial charge is 0.394 e. The van der Waals surface area contributed by atoms with Crippen molar-refractivity contribution in [3.05, 3.63) is 27.4 Å². The van der Waals surface area contributed by atoms with E-state index < -0.39 is 0 Å². The molecular weight excluding hydrogens is 258 g/mol. The molecule has 17 heavy (non-hydrogen) atoms. The number of hydrogen-bond donors (Lipinski definition) is 2. The molecule has 0 aliphatic heterocycles. The first kappa shape index (κ1) is 12.6. The Morgan fingerprint density at radius 2 is 2.35 bits per heavy atom. The number of nitrogens with one attached hydrogen (secondary N) is 1. The molecular formula is C12H14ClNO2S. The smallest absolute Gasteiger partial charge is 0.244 e. The number of hydrogen-bond acceptors (Lipinski definition) is 3. The quantitative estimate of drug-likeness (QED) is 0.827. The van der Waals surface area contributed by atoms with Gasteiger partial charge in [-0.15, -0.1) is 11.3 Å². The lowest BCUT2D eigenvalue weighted by atomic mass is 9.77. The Balaban J connectivity index is 1.91. The zero-order chi connectivity index (χ0) is 12.3. The van der Waals surface area contributed by atoms with E-state index in [-0.39, 0.29) is 18.1 Å². The highest BCUT2D eigenvalue weighted by molar-refractivity contribution is 7.17. The maximum atomic E-state index is 11.7. The van der Waals surface area contributed by atoms with Gasteiger partial charge in [0.2, 0.25) is 5.91 Å². The second-order valence-electron chi connectivity index (χ2n) is 4.26. The average Bonchev–Trinajstić information content (AvgIpc) is 2.67. The minimum absolute atomic E-state index is 0.0113. The van der Waals surface area contributed by atoms with Crippen LogP contribution >= 0.6 is 22.9 Å². The number of thiophene rings is 1. The first-order chi connectivity index (χ1) is 8.13. The second-order valence-corrected chi connectivity index (χ2v) is 6.00. The SMILES string of the molecule is O=C(/C=C/c1ccc(Cl)s1)NC1(CO)CCC1. The van der Waals surface area contributed by atoms with E-state index in [1.165, 1.54) is 17.4 Å². The summed E-state index contributed by atoms with van der Waals surface area (Å²) in [5.41, 5.74) is -0.380. The van der Waals surface area contributed by atoms with Gasteiger partial charge in [0.05, 0.1) is 16.5 Å². The first-order valence-electron chi connectivity index (χ1n) is 5.50. The molecule has 1 aromatic heterocycles. The number of aliphatic hydroxyl groups is 1. The van der Waals surface area contributed by atoms with Crippen molar-refractivity contribution < 1.29 is 9.90 Å². The second kappa shape index (κ2) is 5.21. The summed E-state index contributed by atoms with van der Waals surface area (Å²) in [6, 6.07) is 3.66. The molecule has 1 aliphatic carbocycles. The lowest BCUT2D eigenvalue weighted by Gasteiger charge is -2.40. The van der Waals surface area contributed by atoms with Gasteiger partial charge in [0, 0.05) is 11.0 Å². The highest BCUT2D eigenvalue weighted by atomic mass is 35.5. The molecule has 2 rings (SSSR count). The van der Waals surface area contributed by atoms with E-state index in [2.05, 4.69) is 5.32 Å². The molecule has 0 aromatic carbocycles. The Hall–Kier alpha value is -0.840. The van der Waals surface area contributed by atoms with E-state index in [4.69, 9.17) is 11.6 Å². The van der Waals surface area contributed by atoms with Crippen LogP contribution in [0, 0.1) is 0 Å². The standard InChI is InChI=1S/C12H14ClNO2S/c13-10-4-2-9(17-10)3-5-11(16)14-12(8-15)6-1-7-12/h2-5,15H,1,6-8H2,(H,14,16)/b5-3+. The Bertz CT molecular complexity index is 432. The average molecular weight is 272 g/mol. The van der Waals surface area contributed by atoms with Crippen molar-refractivity contribution in [1.82, 2.24) is 5.32 Å². The summed E-state index contributed by atoms with van der Waals surface area (Å²) in [5, 5.41) is 12.1. The Morgan fingerprint density at radius 1 is 1.59 bits per heavy atom. The Labute approximate surface area is 109 Å². The van der Waals surface area contributed by atoms with Crippen LogP contribution in [-0.4, -0.2) is 23.2 Å². The molecule has 0 spiro atoms. The summed E-state index contributed by atoms with van der Waals surface area (Å²) in [7, 11) is 0. The third-order valence-corrected chi connectivity index (χ3v) is 4.19. The molecule has 1 fully saturated rings. The topological polar surface area (TPSA) is 49.3 Å². The maximum Gasteiger partial charge on any atom is 0.244 e. The van der Waals surface area contributed by atoms with Gasteiger partial charge in [-0.2, -0.15) is 0 Å². The lowest BCUT2D eigenvalue weighted by molar-refractivity contribution is -0.120. The molecule has 1 aliphatic rings. The zero-order valence-corrected chi connectivity index (χ0v) is 10.9. The van der Waals surface area contributed by atoms with Crippen LogP contribution in [-0.2, 0) is 4.79 Å². The van der Waals surface area contributed by atoms with Gasteiger partial charge in [0.25, 0.3) is 0 Å². The predicted octanol–water partition coefficient (Wildman–Crippen LogP) is 2.45. The summed E-state index contributed by atoms with van der Waals surface area (Å²) in [4.78, 5) is 12.6. The maximum absolute atomic E-state index is 11.7. The van der Waals surface area contributed by atoms with Crippen molar-refractivity contribution in [1.29, 1.82) is 0 Å². The number of carbonyl (C=O) groups is 1. The van der Waals surface area contributed by atoms with Gasteiger partial charge in [-0.25, -0.2) is 0 Å². The molecule has 1 aromatic rings. The molecule has 92 valence electrons. The van der Waals surface area contributed by atoms with Crippen LogP contribution in [0.5, 0.6) is 0 Å². The number of halogens is 1. The van der Waals surface area contributed by atoms with Gasteiger partial charge in [-0.3, -0.25) is 4.79 Å². The fraction of sp³-hybridized carbons (Fsp3) is 0.417. The van der Waals surface area contributed by atoms with Gasteiger partial charge in [-0.1, -0.05) is 11.6 Å². The fourth-order valence-electron chi connectivity index (χ4n) is 1.80. The van der Waals surface area contributed by atoms with Crippen LogP contribution in [0.25, 0.3) is 6.08 Å². The van der Waals surface area contributed by atoms with Gasteiger partial charge < -0.3 is 10.4 Å². The van der Waals surface area contributed by atoms with Crippen LogP contribution in [0.3, 0.4) is 0 Å². The number of carbonyl (C=O) groups excluding carboxylic acids is 1. The molecule has 0 radical (unpaired) electrons. The Morgan fingerprint density at radius 3 is 2.82 bits per heavy atom. The molecule has 0 unspecified atom stereocenters. The van der Waals surface area contributed by atoms with Gasteiger partial charge in [-0.05, 0) is 37.5 Å². The summed E-state index contributed by atoms with van der Waals surface area (Å²) in [6.07, 6.45) is 5.99.